The van der Waals surface area contributed by atoms with Gasteiger partial charge in [0.05, 0.1) is 17.9 Å². The van der Waals surface area contributed by atoms with E-state index in [1.165, 1.54) is 22.3 Å². The molecule has 7 heteroatoms. The Labute approximate surface area is 245 Å². The molecular formula is C34H33ClN4O2. The molecule has 1 saturated heterocycles. The molecule has 4 heterocycles. The van der Waals surface area contributed by atoms with Crippen LogP contribution in [0.2, 0.25) is 5.02 Å². The third kappa shape index (κ3) is 4.85. The Kier molecular flexibility index (Phi) is 6.68. The average Bonchev–Trinajstić information content (AvgIpc) is 3.37. The van der Waals surface area contributed by atoms with Crippen LogP contribution in [0.25, 0.3) is 11.1 Å². The number of carbonyl (C=O) groups excluding carboxylic acids is 1. The molecule has 7 rings (SSSR count). The minimum absolute atomic E-state index is 0.0773. The molecule has 0 unspecified atom stereocenters. The Morgan fingerprint density at radius 2 is 1.80 bits per heavy atom. The first-order valence-corrected chi connectivity index (χ1v) is 14.7. The summed E-state index contributed by atoms with van der Waals surface area (Å²) in [6.45, 7) is 6.66. The molecule has 4 aromatic rings. The molecule has 6 nitrogen and oxygen atoms in total. The van der Waals surface area contributed by atoms with Crippen molar-refractivity contribution in [3.8, 4) is 11.1 Å². The SMILES string of the molecule is Cc1ccc(Cl)cc1CN1CCNc2ncc(-c3ccc(C(=O)N4CCC5(CC4)OCc4ccccc45)cc3)cc21. The quantitative estimate of drug-likeness (QED) is 0.295. The van der Waals surface area contributed by atoms with Crippen LogP contribution in [0, 0.1) is 6.92 Å². The molecule has 0 bridgehead atoms. The van der Waals surface area contributed by atoms with Crippen LogP contribution < -0.4 is 10.2 Å². The Morgan fingerprint density at radius 3 is 2.63 bits per heavy atom. The standard InChI is InChI=1S/C34H33ClN4O2/c1-23-6-11-29(35)18-28(23)21-39-17-14-36-32-31(39)19-27(20-37-32)24-7-9-25(10-8-24)33(40)38-15-12-34(13-16-38)30-5-3-2-4-26(30)22-41-34/h2-11,18-20H,12-17,21-22H2,1H3,(H,36,37). The molecule has 3 aromatic carbocycles. The smallest absolute Gasteiger partial charge is 0.253 e. The van der Waals surface area contributed by atoms with Crippen molar-refractivity contribution in [2.24, 2.45) is 0 Å². The number of piperidine rings is 1. The normalized spacial score (nSPS) is 17.2. The number of hydrogen-bond acceptors (Lipinski definition) is 5. The zero-order chi connectivity index (χ0) is 28.0. The number of halogens is 1. The van der Waals surface area contributed by atoms with Gasteiger partial charge in [0.2, 0.25) is 0 Å². The second-order valence-electron chi connectivity index (χ2n) is 11.3. The molecule has 41 heavy (non-hydrogen) atoms. The predicted molar refractivity (Wildman–Crippen MR) is 163 cm³/mol. The lowest BCUT2D eigenvalue weighted by atomic mass is 9.83. The van der Waals surface area contributed by atoms with Crippen LogP contribution in [-0.4, -0.2) is 42.0 Å². The van der Waals surface area contributed by atoms with E-state index in [-0.39, 0.29) is 11.5 Å². The number of benzene rings is 3. The van der Waals surface area contributed by atoms with Gasteiger partial charge in [0, 0.05) is 55.1 Å². The number of nitrogens with zero attached hydrogens (tertiary/aromatic N) is 3. The van der Waals surface area contributed by atoms with E-state index in [1.54, 1.807) is 0 Å². The molecule has 0 atom stereocenters. The molecule has 0 radical (unpaired) electrons. The number of likely N-dealkylation sites (tertiary alicyclic amines) is 1. The monoisotopic (exact) mass is 564 g/mol. The van der Waals surface area contributed by atoms with Crippen LogP contribution in [0.1, 0.15) is 45.5 Å². The van der Waals surface area contributed by atoms with Crippen LogP contribution in [0.15, 0.2) is 79.0 Å². The fourth-order valence-corrected chi connectivity index (χ4v) is 6.65. The van der Waals surface area contributed by atoms with Gasteiger partial charge in [0.1, 0.15) is 5.82 Å². The van der Waals surface area contributed by atoms with Gasteiger partial charge >= 0.3 is 0 Å². The van der Waals surface area contributed by atoms with Crippen molar-refractivity contribution in [2.75, 3.05) is 36.4 Å². The molecule has 1 N–H and O–H groups in total. The van der Waals surface area contributed by atoms with Gasteiger partial charge in [0.15, 0.2) is 0 Å². The van der Waals surface area contributed by atoms with E-state index in [2.05, 4.69) is 53.5 Å². The van der Waals surface area contributed by atoms with Crippen molar-refractivity contribution in [3.63, 3.8) is 0 Å². The van der Waals surface area contributed by atoms with Crippen LogP contribution in [0.3, 0.4) is 0 Å². The minimum atomic E-state index is -0.245. The maximum Gasteiger partial charge on any atom is 0.253 e. The maximum atomic E-state index is 13.4. The number of aryl methyl sites for hydroxylation is 1. The number of nitrogens with one attached hydrogen (secondary N) is 1. The lowest BCUT2D eigenvalue weighted by molar-refractivity contribution is -0.0741. The summed E-state index contributed by atoms with van der Waals surface area (Å²) < 4.78 is 6.28. The van der Waals surface area contributed by atoms with Gasteiger partial charge in [0.25, 0.3) is 5.91 Å². The Hall–Kier alpha value is -3.87. The van der Waals surface area contributed by atoms with Gasteiger partial charge in [-0.2, -0.15) is 0 Å². The maximum absolute atomic E-state index is 13.4. The van der Waals surface area contributed by atoms with E-state index in [0.717, 1.165) is 60.1 Å². The first-order valence-electron chi connectivity index (χ1n) is 14.4. The Bertz CT molecular complexity index is 1610. The first kappa shape index (κ1) is 26.1. The fourth-order valence-electron chi connectivity index (χ4n) is 6.46. The molecule has 3 aliphatic rings. The molecule has 208 valence electrons. The Balaban J connectivity index is 1.06. The molecule has 1 fully saturated rings. The minimum Gasteiger partial charge on any atom is -0.367 e. The number of amides is 1. The highest BCUT2D eigenvalue weighted by atomic mass is 35.5. The van der Waals surface area contributed by atoms with E-state index in [4.69, 9.17) is 21.3 Å². The summed E-state index contributed by atoms with van der Waals surface area (Å²) in [5.41, 5.74) is 8.62. The van der Waals surface area contributed by atoms with Crippen molar-refractivity contribution in [2.45, 2.75) is 38.5 Å². The van der Waals surface area contributed by atoms with Crippen LogP contribution in [0.4, 0.5) is 11.5 Å². The first-order chi connectivity index (χ1) is 20.0. The zero-order valence-corrected chi connectivity index (χ0v) is 24.0. The van der Waals surface area contributed by atoms with Crippen molar-refractivity contribution < 1.29 is 9.53 Å². The van der Waals surface area contributed by atoms with E-state index >= 15 is 0 Å². The van der Waals surface area contributed by atoms with E-state index in [0.29, 0.717) is 25.3 Å². The number of hydrogen-bond donors (Lipinski definition) is 1. The molecule has 0 saturated carbocycles. The summed E-state index contributed by atoms with van der Waals surface area (Å²) in [5.74, 6) is 0.969. The van der Waals surface area contributed by atoms with Crippen molar-refractivity contribution in [1.82, 2.24) is 9.88 Å². The van der Waals surface area contributed by atoms with E-state index < -0.39 is 0 Å². The number of fused-ring (bicyclic) bond motifs is 3. The van der Waals surface area contributed by atoms with Crippen LogP contribution in [0.5, 0.6) is 0 Å². The summed E-state index contributed by atoms with van der Waals surface area (Å²) in [6.07, 6.45) is 3.56. The van der Waals surface area contributed by atoms with Crippen LogP contribution in [-0.2, 0) is 23.5 Å². The lowest BCUT2D eigenvalue weighted by Crippen LogP contribution is -2.45. The summed E-state index contributed by atoms with van der Waals surface area (Å²) in [6, 6.07) is 24.7. The Morgan fingerprint density at radius 1 is 1.00 bits per heavy atom. The zero-order valence-electron chi connectivity index (χ0n) is 23.2. The van der Waals surface area contributed by atoms with Gasteiger partial charge in [-0.1, -0.05) is 54.1 Å². The third-order valence-electron chi connectivity index (χ3n) is 8.89. The van der Waals surface area contributed by atoms with Gasteiger partial charge in [-0.15, -0.1) is 0 Å². The number of aromatic nitrogens is 1. The number of pyridine rings is 1. The fraction of sp³-hybridized carbons (Fsp3) is 0.294. The topological polar surface area (TPSA) is 57.7 Å². The molecule has 0 aliphatic carbocycles. The molecular weight excluding hydrogens is 532 g/mol. The lowest BCUT2D eigenvalue weighted by Gasteiger charge is -2.39. The van der Waals surface area contributed by atoms with Crippen LogP contribution >= 0.6 is 11.6 Å². The summed E-state index contributed by atoms with van der Waals surface area (Å²) in [5, 5.41) is 4.18. The number of rotatable bonds is 4. The highest BCUT2D eigenvalue weighted by Gasteiger charge is 2.43. The number of ether oxygens (including phenoxy) is 1. The van der Waals surface area contributed by atoms with Crippen molar-refractivity contribution in [1.29, 1.82) is 0 Å². The van der Waals surface area contributed by atoms with Gasteiger partial charge in [-0.05, 0) is 77.9 Å². The number of anilines is 2. The molecule has 1 spiro atoms. The predicted octanol–water partition coefficient (Wildman–Crippen LogP) is 6.80. The second kappa shape index (κ2) is 10.5. The number of carbonyl (C=O) groups is 1. The van der Waals surface area contributed by atoms with Crippen molar-refractivity contribution in [3.05, 3.63) is 112 Å². The van der Waals surface area contributed by atoms with Crippen molar-refractivity contribution >= 4 is 29.0 Å². The largest absolute Gasteiger partial charge is 0.367 e. The van der Waals surface area contributed by atoms with Gasteiger partial charge in [-0.3, -0.25) is 4.79 Å². The second-order valence-corrected chi connectivity index (χ2v) is 11.8. The molecule has 1 amide bonds. The highest BCUT2D eigenvalue weighted by Crippen LogP contribution is 2.44. The summed E-state index contributed by atoms with van der Waals surface area (Å²) >= 11 is 6.30. The van der Waals surface area contributed by atoms with Gasteiger partial charge < -0.3 is 19.9 Å². The van der Waals surface area contributed by atoms with Gasteiger partial charge in [-0.25, -0.2) is 4.98 Å². The van der Waals surface area contributed by atoms with E-state index in [1.807, 2.05) is 47.5 Å². The van der Waals surface area contributed by atoms with E-state index in [9.17, 15) is 4.79 Å². The molecule has 1 aromatic heterocycles. The summed E-state index contributed by atoms with van der Waals surface area (Å²) in [7, 11) is 0. The third-order valence-corrected chi connectivity index (χ3v) is 9.13. The average molecular weight is 565 g/mol. The highest BCUT2D eigenvalue weighted by molar-refractivity contribution is 6.30. The molecule has 3 aliphatic heterocycles. The summed E-state index contributed by atoms with van der Waals surface area (Å²) in [4.78, 5) is 22.5.